The van der Waals surface area contributed by atoms with Crippen LogP contribution in [0.25, 0.3) is 6.08 Å². The number of hydrogen-bond donors (Lipinski definition) is 1. The Balaban J connectivity index is 1.58. The molecule has 0 radical (unpaired) electrons. The summed E-state index contributed by atoms with van der Waals surface area (Å²) in [6.07, 6.45) is -3.53. The third kappa shape index (κ3) is 5.51. The van der Waals surface area contributed by atoms with Gasteiger partial charge in [0.25, 0.3) is 11.8 Å². The van der Waals surface area contributed by atoms with Crippen molar-refractivity contribution in [3.63, 3.8) is 0 Å². The van der Waals surface area contributed by atoms with Crippen LogP contribution in [0.15, 0.2) is 76.8 Å². The van der Waals surface area contributed by atoms with Crippen molar-refractivity contribution in [2.75, 3.05) is 4.90 Å². The van der Waals surface area contributed by atoms with Crippen molar-refractivity contribution in [1.29, 1.82) is 0 Å². The number of amides is 4. The number of anilines is 1. The number of nitro benzene ring substituents is 1. The minimum atomic E-state index is -4.77. The lowest BCUT2D eigenvalue weighted by Gasteiger charge is -2.26. The smallest absolute Gasteiger partial charge is 0.416 e. The molecular formula is C24H13BrF3N3O6. The van der Waals surface area contributed by atoms with Gasteiger partial charge < -0.3 is 4.74 Å². The van der Waals surface area contributed by atoms with Gasteiger partial charge in [-0.2, -0.15) is 13.2 Å². The number of carbonyl (C=O) groups excluding carboxylic acids is 3. The number of imide groups is 2. The molecular weight excluding hydrogens is 563 g/mol. The minimum absolute atomic E-state index is 0.0519. The van der Waals surface area contributed by atoms with Crippen molar-refractivity contribution in [1.82, 2.24) is 5.32 Å². The van der Waals surface area contributed by atoms with Gasteiger partial charge in [0, 0.05) is 10.5 Å². The van der Waals surface area contributed by atoms with Gasteiger partial charge in [-0.05, 0) is 60.2 Å². The zero-order valence-corrected chi connectivity index (χ0v) is 19.9. The average Bonchev–Trinajstić information content (AvgIpc) is 2.83. The van der Waals surface area contributed by atoms with Gasteiger partial charge in [0.1, 0.15) is 11.3 Å². The maximum absolute atomic E-state index is 12.9. The second-order valence-corrected chi connectivity index (χ2v) is 8.46. The Bertz CT molecular complexity index is 1450. The summed E-state index contributed by atoms with van der Waals surface area (Å²) in [5.41, 5.74) is -1.80. The number of rotatable bonds is 5. The van der Waals surface area contributed by atoms with Crippen LogP contribution in [0, 0.1) is 10.1 Å². The van der Waals surface area contributed by atoms with Crippen molar-refractivity contribution < 1.29 is 37.2 Å². The summed E-state index contributed by atoms with van der Waals surface area (Å²) < 4.78 is 44.8. The number of carbonyl (C=O) groups is 3. The van der Waals surface area contributed by atoms with Crippen LogP contribution in [0.2, 0.25) is 0 Å². The Hall–Kier alpha value is -4.52. The Morgan fingerprint density at radius 2 is 1.62 bits per heavy atom. The van der Waals surface area contributed by atoms with Crippen molar-refractivity contribution in [3.05, 3.63) is 98.0 Å². The van der Waals surface area contributed by atoms with E-state index >= 15 is 0 Å². The lowest BCUT2D eigenvalue weighted by atomic mass is 10.1. The number of ether oxygens (including phenoxy) is 1. The van der Waals surface area contributed by atoms with Crippen LogP contribution in [0.5, 0.6) is 11.5 Å². The van der Waals surface area contributed by atoms with Gasteiger partial charge in [0.2, 0.25) is 5.75 Å². The molecule has 1 aliphatic rings. The van der Waals surface area contributed by atoms with Crippen LogP contribution in [0.4, 0.5) is 29.3 Å². The highest BCUT2D eigenvalue weighted by Crippen LogP contribution is 2.38. The Morgan fingerprint density at radius 1 is 0.973 bits per heavy atom. The summed E-state index contributed by atoms with van der Waals surface area (Å²) in [5.74, 6) is -2.11. The fraction of sp³-hybridized carbons (Fsp3) is 0.0417. The quantitative estimate of drug-likeness (QED) is 0.177. The molecule has 9 nitrogen and oxygen atoms in total. The van der Waals surface area contributed by atoms with Crippen LogP contribution < -0.4 is 15.0 Å². The summed E-state index contributed by atoms with van der Waals surface area (Å²) in [7, 11) is 0. The summed E-state index contributed by atoms with van der Waals surface area (Å²) in [5, 5.41) is 13.3. The number of alkyl halides is 3. The molecule has 188 valence electrons. The van der Waals surface area contributed by atoms with Crippen LogP contribution in [-0.2, 0) is 15.8 Å². The molecule has 0 aliphatic carbocycles. The van der Waals surface area contributed by atoms with E-state index < -0.39 is 45.9 Å². The first-order chi connectivity index (χ1) is 17.4. The molecule has 1 heterocycles. The first-order valence-corrected chi connectivity index (χ1v) is 11.0. The molecule has 4 amide bonds. The molecule has 1 saturated heterocycles. The number of hydrogen-bond acceptors (Lipinski definition) is 6. The van der Waals surface area contributed by atoms with Gasteiger partial charge in [-0.1, -0.05) is 28.1 Å². The zero-order valence-electron chi connectivity index (χ0n) is 18.3. The molecule has 0 saturated carbocycles. The number of nitro groups is 1. The molecule has 0 spiro atoms. The predicted octanol–water partition coefficient (Wildman–Crippen LogP) is 5.83. The van der Waals surface area contributed by atoms with Gasteiger partial charge >= 0.3 is 17.9 Å². The molecule has 0 atom stereocenters. The van der Waals surface area contributed by atoms with Gasteiger partial charge in [0.05, 0.1) is 16.2 Å². The van der Waals surface area contributed by atoms with E-state index in [9.17, 15) is 37.7 Å². The number of barbiturate groups is 1. The van der Waals surface area contributed by atoms with E-state index in [1.807, 2.05) is 0 Å². The Morgan fingerprint density at radius 3 is 2.22 bits per heavy atom. The third-order valence-electron chi connectivity index (χ3n) is 5.09. The molecule has 3 aromatic carbocycles. The third-order valence-corrected chi connectivity index (χ3v) is 5.62. The minimum Gasteiger partial charge on any atom is -0.450 e. The van der Waals surface area contributed by atoms with Crippen LogP contribution in [0.3, 0.4) is 0 Å². The fourth-order valence-electron chi connectivity index (χ4n) is 3.33. The Labute approximate surface area is 214 Å². The van der Waals surface area contributed by atoms with E-state index in [-0.39, 0.29) is 17.0 Å². The van der Waals surface area contributed by atoms with Gasteiger partial charge in [-0.25, -0.2) is 9.69 Å². The van der Waals surface area contributed by atoms with E-state index in [0.29, 0.717) is 17.7 Å². The zero-order chi connectivity index (χ0) is 26.9. The van der Waals surface area contributed by atoms with Crippen LogP contribution in [-0.4, -0.2) is 22.8 Å². The molecule has 4 rings (SSSR count). The van der Waals surface area contributed by atoms with Crippen molar-refractivity contribution in [2.24, 2.45) is 0 Å². The fourth-order valence-corrected chi connectivity index (χ4v) is 3.59. The van der Waals surface area contributed by atoms with E-state index in [1.165, 1.54) is 42.5 Å². The van der Waals surface area contributed by atoms with E-state index in [2.05, 4.69) is 21.2 Å². The number of nitrogens with zero attached hydrogens (tertiary/aromatic N) is 2. The SMILES string of the molecule is O=C1NC(=O)N(c2ccc(Br)cc2)C(=O)C1=Cc1ccc(Oc2ccc(C(F)(F)F)cc2[N+](=O)[O-])cc1. The maximum Gasteiger partial charge on any atom is 0.416 e. The molecule has 0 aromatic heterocycles. The number of halogens is 4. The first-order valence-electron chi connectivity index (χ1n) is 10.2. The van der Waals surface area contributed by atoms with Gasteiger partial charge in [-0.3, -0.25) is 25.0 Å². The predicted molar refractivity (Wildman–Crippen MR) is 128 cm³/mol. The summed E-state index contributed by atoms with van der Waals surface area (Å²) in [6.45, 7) is 0. The normalized spacial score (nSPS) is 15.1. The summed E-state index contributed by atoms with van der Waals surface area (Å²) in [4.78, 5) is 48.6. The van der Waals surface area contributed by atoms with Gasteiger partial charge in [-0.15, -0.1) is 0 Å². The van der Waals surface area contributed by atoms with Crippen LogP contribution >= 0.6 is 15.9 Å². The molecule has 37 heavy (non-hydrogen) atoms. The molecule has 1 aliphatic heterocycles. The monoisotopic (exact) mass is 575 g/mol. The van der Waals surface area contributed by atoms with E-state index in [1.54, 1.807) is 12.1 Å². The number of nitrogens with one attached hydrogen (secondary N) is 1. The summed E-state index contributed by atoms with van der Waals surface area (Å²) in [6, 6.07) is 12.8. The lowest BCUT2D eigenvalue weighted by molar-refractivity contribution is -0.385. The molecule has 1 N–H and O–H groups in total. The molecule has 0 bridgehead atoms. The average molecular weight is 576 g/mol. The lowest BCUT2D eigenvalue weighted by Crippen LogP contribution is -2.54. The highest BCUT2D eigenvalue weighted by Gasteiger charge is 2.37. The van der Waals surface area contributed by atoms with E-state index in [4.69, 9.17) is 4.74 Å². The molecule has 13 heteroatoms. The Kier molecular flexibility index (Phi) is 6.81. The topological polar surface area (TPSA) is 119 Å². The second kappa shape index (κ2) is 9.85. The molecule has 3 aromatic rings. The highest BCUT2D eigenvalue weighted by molar-refractivity contribution is 9.10. The van der Waals surface area contributed by atoms with E-state index in [0.717, 1.165) is 15.4 Å². The standard InChI is InChI=1S/C24H13BrF3N3O6/c25-15-4-6-16(7-5-15)30-22(33)18(21(32)29-23(30)34)11-13-1-8-17(9-2-13)37-20-10-3-14(24(26,27)28)12-19(20)31(35)36/h1-12H,(H,29,32,34). The number of benzene rings is 3. The first kappa shape index (κ1) is 25.6. The summed E-state index contributed by atoms with van der Waals surface area (Å²) >= 11 is 3.26. The van der Waals surface area contributed by atoms with Crippen molar-refractivity contribution >= 4 is 51.2 Å². The van der Waals surface area contributed by atoms with Crippen molar-refractivity contribution in [3.8, 4) is 11.5 Å². The van der Waals surface area contributed by atoms with Crippen LogP contribution in [0.1, 0.15) is 11.1 Å². The maximum atomic E-state index is 12.9. The highest BCUT2D eigenvalue weighted by atomic mass is 79.9. The van der Waals surface area contributed by atoms with Crippen molar-refractivity contribution in [2.45, 2.75) is 6.18 Å². The largest absolute Gasteiger partial charge is 0.450 e. The van der Waals surface area contributed by atoms with Gasteiger partial charge in [0.15, 0.2) is 0 Å². The molecule has 1 fully saturated rings. The molecule has 0 unspecified atom stereocenters. The number of urea groups is 1. The second-order valence-electron chi connectivity index (χ2n) is 7.54.